The van der Waals surface area contributed by atoms with Gasteiger partial charge in [-0.2, -0.15) is 0 Å². The second-order valence-electron chi connectivity index (χ2n) is 10.0. The number of ether oxygens (including phenoxy) is 3. The summed E-state index contributed by atoms with van der Waals surface area (Å²) in [5.41, 5.74) is 7.33. The average Bonchev–Trinajstić information content (AvgIpc) is 2.92. The minimum Gasteiger partial charge on any atom is -0.491 e. The van der Waals surface area contributed by atoms with Crippen LogP contribution < -0.4 is 9.47 Å². The van der Waals surface area contributed by atoms with Crippen LogP contribution in [0.4, 0.5) is 0 Å². The van der Waals surface area contributed by atoms with Gasteiger partial charge in [0.15, 0.2) is 0 Å². The minimum absolute atomic E-state index is 0.173. The van der Waals surface area contributed by atoms with E-state index in [9.17, 15) is 0 Å². The summed E-state index contributed by atoms with van der Waals surface area (Å²) in [6.45, 7) is 8.40. The van der Waals surface area contributed by atoms with Gasteiger partial charge in [0.25, 0.3) is 0 Å². The van der Waals surface area contributed by atoms with Crippen LogP contribution in [0.25, 0.3) is 11.1 Å². The summed E-state index contributed by atoms with van der Waals surface area (Å²) in [7, 11) is 0. The van der Waals surface area contributed by atoms with Gasteiger partial charge in [0.1, 0.15) is 18.1 Å². The standard InChI is InChI=1S/C33H36N2O3/c1-25(2)38-32-9-6-26(7-10-32)23-35-16-17-36-18-19-37-33-11-8-30(29-12-14-34-15-13-29)22-31(33)21-27-4-3-5-28(20-27)24-35/h3-15,20,22,25H,16-19,21,23-24H2,1-2H3. The van der Waals surface area contributed by atoms with Gasteiger partial charge in [-0.3, -0.25) is 9.88 Å². The maximum Gasteiger partial charge on any atom is 0.122 e. The maximum atomic E-state index is 6.19. The fraction of sp³-hybridized carbons (Fsp3) is 0.303. The van der Waals surface area contributed by atoms with Crippen molar-refractivity contribution >= 4 is 0 Å². The topological polar surface area (TPSA) is 43.8 Å². The number of benzene rings is 3. The van der Waals surface area contributed by atoms with E-state index in [1.807, 2.05) is 38.4 Å². The SMILES string of the molecule is CC(C)Oc1ccc(CN2CCOCCOc3ccc(-c4ccncc4)cc3Cc3cccc(c3)C2)cc1. The highest BCUT2D eigenvalue weighted by Crippen LogP contribution is 2.29. The first-order chi connectivity index (χ1) is 18.6. The molecule has 0 N–H and O–H groups in total. The van der Waals surface area contributed by atoms with E-state index in [2.05, 4.69) is 76.6 Å². The van der Waals surface area contributed by atoms with Crippen LogP contribution in [0.5, 0.6) is 11.5 Å². The first-order valence-electron chi connectivity index (χ1n) is 13.4. The summed E-state index contributed by atoms with van der Waals surface area (Å²) < 4.78 is 18.0. The van der Waals surface area contributed by atoms with Gasteiger partial charge in [-0.15, -0.1) is 0 Å². The number of pyridine rings is 1. The molecule has 5 nitrogen and oxygen atoms in total. The van der Waals surface area contributed by atoms with Crippen molar-refractivity contribution in [3.05, 3.63) is 114 Å². The Balaban J connectivity index is 1.36. The lowest BCUT2D eigenvalue weighted by atomic mass is 9.97. The summed E-state index contributed by atoms with van der Waals surface area (Å²) in [5, 5.41) is 0. The van der Waals surface area contributed by atoms with E-state index < -0.39 is 0 Å². The molecule has 0 saturated carbocycles. The number of hydrogen-bond acceptors (Lipinski definition) is 5. The van der Waals surface area contributed by atoms with Crippen molar-refractivity contribution in [2.45, 2.75) is 39.5 Å². The molecule has 0 saturated heterocycles. The molecule has 1 aliphatic rings. The Morgan fingerprint density at radius 2 is 1.66 bits per heavy atom. The van der Waals surface area contributed by atoms with Crippen molar-refractivity contribution in [1.82, 2.24) is 9.88 Å². The fourth-order valence-corrected chi connectivity index (χ4v) is 4.82. The van der Waals surface area contributed by atoms with Gasteiger partial charge in [0.2, 0.25) is 0 Å². The molecule has 5 heteroatoms. The van der Waals surface area contributed by atoms with Crippen LogP contribution in [0.1, 0.15) is 36.1 Å². The predicted molar refractivity (Wildman–Crippen MR) is 152 cm³/mol. The predicted octanol–water partition coefficient (Wildman–Crippen LogP) is 6.54. The molecule has 0 aliphatic carbocycles. The Kier molecular flexibility index (Phi) is 8.69. The molecule has 0 amide bonds. The third-order valence-corrected chi connectivity index (χ3v) is 6.60. The highest BCUT2D eigenvalue weighted by molar-refractivity contribution is 5.65. The zero-order valence-corrected chi connectivity index (χ0v) is 22.3. The molecule has 1 aliphatic heterocycles. The van der Waals surface area contributed by atoms with Gasteiger partial charge < -0.3 is 14.2 Å². The van der Waals surface area contributed by atoms with Crippen LogP contribution in [0.15, 0.2) is 91.3 Å². The molecule has 196 valence electrons. The molecule has 0 atom stereocenters. The quantitative estimate of drug-likeness (QED) is 0.306. The molecule has 3 aromatic carbocycles. The molecular formula is C33H36N2O3. The molecule has 0 fully saturated rings. The second-order valence-corrected chi connectivity index (χ2v) is 10.0. The van der Waals surface area contributed by atoms with E-state index in [1.165, 1.54) is 27.8 Å². The van der Waals surface area contributed by atoms with Crippen molar-refractivity contribution in [1.29, 1.82) is 0 Å². The second kappa shape index (κ2) is 12.7. The third-order valence-electron chi connectivity index (χ3n) is 6.60. The molecular weight excluding hydrogens is 472 g/mol. The monoisotopic (exact) mass is 508 g/mol. The lowest BCUT2D eigenvalue weighted by Gasteiger charge is -2.24. The smallest absolute Gasteiger partial charge is 0.122 e. The van der Waals surface area contributed by atoms with E-state index >= 15 is 0 Å². The van der Waals surface area contributed by atoms with E-state index in [-0.39, 0.29) is 6.10 Å². The van der Waals surface area contributed by atoms with E-state index in [0.29, 0.717) is 19.8 Å². The highest BCUT2D eigenvalue weighted by atomic mass is 16.5. The van der Waals surface area contributed by atoms with Crippen molar-refractivity contribution in [2.75, 3.05) is 26.4 Å². The molecule has 0 spiro atoms. The fourth-order valence-electron chi connectivity index (χ4n) is 4.82. The minimum atomic E-state index is 0.173. The molecule has 0 radical (unpaired) electrons. The average molecular weight is 509 g/mol. The normalized spacial score (nSPS) is 14.8. The number of aromatic nitrogens is 1. The van der Waals surface area contributed by atoms with Crippen LogP contribution in [-0.4, -0.2) is 42.4 Å². The molecule has 4 aromatic rings. The zero-order valence-electron chi connectivity index (χ0n) is 22.3. The van der Waals surface area contributed by atoms with Crippen molar-refractivity contribution < 1.29 is 14.2 Å². The number of fused-ring (bicyclic) bond motifs is 3. The zero-order chi connectivity index (χ0) is 26.2. The van der Waals surface area contributed by atoms with Gasteiger partial charge in [-0.05, 0) is 83.6 Å². The first-order valence-corrected chi connectivity index (χ1v) is 13.4. The van der Waals surface area contributed by atoms with Gasteiger partial charge in [-0.1, -0.05) is 42.5 Å². The lowest BCUT2D eigenvalue weighted by molar-refractivity contribution is 0.0757. The maximum absolute atomic E-state index is 6.19. The highest BCUT2D eigenvalue weighted by Gasteiger charge is 2.12. The van der Waals surface area contributed by atoms with E-state index in [4.69, 9.17) is 14.2 Å². The molecule has 5 rings (SSSR count). The van der Waals surface area contributed by atoms with Crippen LogP contribution in [0.2, 0.25) is 0 Å². The van der Waals surface area contributed by atoms with Crippen LogP contribution >= 0.6 is 0 Å². The van der Waals surface area contributed by atoms with Crippen molar-refractivity contribution in [3.63, 3.8) is 0 Å². The largest absolute Gasteiger partial charge is 0.491 e. The van der Waals surface area contributed by atoms with Gasteiger partial charge in [0.05, 0.1) is 19.3 Å². The summed E-state index contributed by atoms with van der Waals surface area (Å²) in [6, 6.07) is 27.9. The van der Waals surface area contributed by atoms with E-state index in [0.717, 1.165) is 43.1 Å². The Morgan fingerprint density at radius 1 is 0.842 bits per heavy atom. The molecule has 0 unspecified atom stereocenters. The van der Waals surface area contributed by atoms with Crippen LogP contribution in [-0.2, 0) is 24.2 Å². The Hall–Kier alpha value is -3.67. The molecule has 1 aromatic heterocycles. The van der Waals surface area contributed by atoms with Gasteiger partial charge >= 0.3 is 0 Å². The van der Waals surface area contributed by atoms with Crippen molar-refractivity contribution in [2.24, 2.45) is 0 Å². The summed E-state index contributed by atoms with van der Waals surface area (Å²) in [5.74, 6) is 1.83. The Morgan fingerprint density at radius 3 is 2.47 bits per heavy atom. The number of nitrogens with zero attached hydrogens (tertiary/aromatic N) is 2. The van der Waals surface area contributed by atoms with Gasteiger partial charge in [0, 0.05) is 38.4 Å². The lowest BCUT2D eigenvalue weighted by Crippen LogP contribution is -2.27. The summed E-state index contributed by atoms with van der Waals surface area (Å²) in [6.07, 6.45) is 4.64. The number of rotatable bonds is 5. The van der Waals surface area contributed by atoms with Crippen molar-refractivity contribution in [3.8, 4) is 22.6 Å². The summed E-state index contributed by atoms with van der Waals surface area (Å²) >= 11 is 0. The van der Waals surface area contributed by atoms with Crippen LogP contribution in [0.3, 0.4) is 0 Å². The molecule has 38 heavy (non-hydrogen) atoms. The Labute approximate surface area is 226 Å². The van der Waals surface area contributed by atoms with Gasteiger partial charge in [-0.25, -0.2) is 0 Å². The first kappa shape index (κ1) is 26.0. The molecule has 2 bridgehead atoms. The summed E-state index contributed by atoms with van der Waals surface area (Å²) in [4.78, 5) is 6.60. The third kappa shape index (κ3) is 7.21. The van der Waals surface area contributed by atoms with E-state index in [1.54, 1.807) is 0 Å². The van der Waals surface area contributed by atoms with Crippen LogP contribution in [0, 0.1) is 0 Å². The Bertz CT molecular complexity index is 1310. The molecule has 2 heterocycles. The number of hydrogen-bond donors (Lipinski definition) is 0.